The van der Waals surface area contributed by atoms with E-state index in [9.17, 15) is 10.1 Å². The highest BCUT2D eigenvalue weighted by Crippen LogP contribution is 2.24. The third kappa shape index (κ3) is 3.57. The van der Waals surface area contributed by atoms with Crippen molar-refractivity contribution in [3.05, 3.63) is 58.4 Å². The standard InChI is InChI=1S/C20H23N3O/c1-13(2)22-20(24)18(12-21)11-17-10-15(4)23(16(17)5)19-9-7-6-8-14(19)3/h6-11,13H,1-5H3,(H,22,24)/b18-11-. The van der Waals surface area contributed by atoms with E-state index < -0.39 is 0 Å². The molecular weight excluding hydrogens is 298 g/mol. The average molecular weight is 321 g/mol. The number of para-hydroxylation sites is 1. The minimum atomic E-state index is -0.340. The SMILES string of the molecule is Cc1ccccc1-n1c(C)cc(/C=C(/C#N)C(=O)NC(C)C)c1C. The molecule has 4 heteroatoms. The number of aromatic nitrogens is 1. The highest BCUT2D eigenvalue weighted by Gasteiger charge is 2.14. The molecule has 0 saturated heterocycles. The quantitative estimate of drug-likeness (QED) is 0.687. The third-order valence-corrected chi connectivity index (χ3v) is 3.91. The maximum atomic E-state index is 12.1. The van der Waals surface area contributed by atoms with Gasteiger partial charge < -0.3 is 9.88 Å². The number of nitrogens with one attached hydrogen (secondary N) is 1. The van der Waals surface area contributed by atoms with Gasteiger partial charge in [0.15, 0.2) is 0 Å². The maximum absolute atomic E-state index is 12.1. The van der Waals surface area contributed by atoms with Gasteiger partial charge in [0, 0.05) is 23.1 Å². The van der Waals surface area contributed by atoms with Crippen molar-refractivity contribution in [1.82, 2.24) is 9.88 Å². The van der Waals surface area contributed by atoms with Crippen molar-refractivity contribution in [2.75, 3.05) is 0 Å². The number of nitrogens with zero attached hydrogens (tertiary/aromatic N) is 2. The van der Waals surface area contributed by atoms with E-state index in [0.29, 0.717) is 0 Å². The summed E-state index contributed by atoms with van der Waals surface area (Å²) in [7, 11) is 0. The van der Waals surface area contributed by atoms with Crippen LogP contribution in [-0.4, -0.2) is 16.5 Å². The van der Waals surface area contributed by atoms with Crippen LogP contribution in [0.1, 0.15) is 36.4 Å². The van der Waals surface area contributed by atoms with Gasteiger partial charge in [-0.25, -0.2) is 0 Å². The number of carbonyl (C=O) groups excluding carboxylic acids is 1. The lowest BCUT2D eigenvalue weighted by molar-refractivity contribution is -0.117. The van der Waals surface area contributed by atoms with E-state index in [0.717, 1.165) is 22.6 Å². The Hall–Kier alpha value is -2.80. The molecule has 1 aromatic carbocycles. The number of aryl methyl sites for hydroxylation is 2. The molecule has 0 aliphatic heterocycles. The van der Waals surface area contributed by atoms with Gasteiger partial charge in [0.1, 0.15) is 11.6 Å². The second-order valence-electron chi connectivity index (χ2n) is 6.25. The maximum Gasteiger partial charge on any atom is 0.262 e. The smallest absolute Gasteiger partial charge is 0.262 e. The van der Waals surface area contributed by atoms with Crippen LogP contribution in [0.2, 0.25) is 0 Å². The van der Waals surface area contributed by atoms with Gasteiger partial charge >= 0.3 is 0 Å². The van der Waals surface area contributed by atoms with Crippen LogP contribution >= 0.6 is 0 Å². The molecule has 0 spiro atoms. The zero-order valence-corrected chi connectivity index (χ0v) is 14.8. The molecule has 1 amide bonds. The highest BCUT2D eigenvalue weighted by atomic mass is 16.1. The normalized spacial score (nSPS) is 11.5. The Bertz CT molecular complexity index is 835. The fraction of sp³-hybridized carbons (Fsp3) is 0.300. The van der Waals surface area contributed by atoms with E-state index in [1.165, 1.54) is 5.56 Å². The molecule has 24 heavy (non-hydrogen) atoms. The Morgan fingerprint density at radius 1 is 1.25 bits per heavy atom. The van der Waals surface area contributed by atoms with E-state index in [1.54, 1.807) is 6.08 Å². The molecule has 1 N–H and O–H groups in total. The summed E-state index contributed by atoms with van der Waals surface area (Å²) in [5.74, 6) is -0.340. The van der Waals surface area contributed by atoms with E-state index in [4.69, 9.17) is 0 Å². The number of benzene rings is 1. The van der Waals surface area contributed by atoms with Crippen LogP contribution in [-0.2, 0) is 4.79 Å². The predicted octanol–water partition coefficient (Wildman–Crippen LogP) is 3.83. The Balaban J connectivity index is 2.49. The zero-order valence-electron chi connectivity index (χ0n) is 14.8. The molecule has 0 aliphatic carbocycles. The monoisotopic (exact) mass is 321 g/mol. The Kier molecular flexibility index (Phi) is 5.25. The van der Waals surface area contributed by atoms with Crippen molar-refractivity contribution < 1.29 is 4.79 Å². The van der Waals surface area contributed by atoms with Crippen LogP contribution in [0.25, 0.3) is 11.8 Å². The van der Waals surface area contributed by atoms with Gasteiger partial charge in [-0.3, -0.25) is 4.79 Å². The van der Waals surface area contributed by atoms with Crippen LogP contribution in [0.5, 0.6) is 0 Å². The summed E-state index contributed by atoms with van der Waals surface area (Å²) in [6.45, 7) is 9.84. The summed E-state index contributed by atoms with van der Waals surface area (Å²) in [4.78, 5) is 12.1. The molecule has 0 unspecified atom stereocenters. The van der Waals surface area contributed by atoms with Gasteiger partial charge in [0.05, 0.1) is 0 Å². The summed E-state index contributed by atoms with van der Waals surface area (Å²) >= 11 is 0. The topological polar surface area (TPSA) is 57.8 Å². The molecule has 2 aromatic rings. The average Bonchev–Trinajstić information content (AvgIpc) is 2.79. The number of hydrogen-bond acceptors (Lipinski definition) is 2. The van der Waals surface area contributed by atoms with Gasteiger partial charge in [0.2, 0.25) is 0 Å². The first-order valence-corrected chi connectivity index (χ1v) is 8.02. The lowest BCUT2D eigenvalue weighted by Gasteiger charge is -2.12. The van der Waals surface area contributed by atoms with Crippen molar-refractivity contribution in [3.8, 4) is 11.8 Å². The molecule has 0 saturated carbocycles. The van der Waals surface area contributed by atoms with E-state index in [1.807, 2.05) is 52.0 Å². The second-order valence-corrected chi connectivity index (χ2v) is 6.25. The van der Waals surface area contributed by atoms with Gasteiger partial charge in [-0.15, -0.1) is 0 Å². The fourth-order valence-electron chi connectivity index (χ4n) is 2.76. The van der Waals surface area contributed by atoms with Crippen LogP contribution < -0.4 is 5.32 Å². The molecule has 1 heterocycles. The first kappa shape index (κ1) is 17.6. The molecule has 0 radical (unpaired) electrons. The molecule has 0 aliphatic rings. The van der Waals surface area contributed by atoms with E-state index in [-0.39, 0.29) is 17.5 Å². The Morgan fingerprint density at radius 2 is 1.92 bits per heavy atom. The van der Waals surface area contributed by atoms with Gasteiger partial charge in [-0.05, 0) is 64.0 Å². The number of carbonyl (C=O) groups is 1. The van der Waals surface area contributed by atoms with Crippen molar-refractivity contribution in [3.63, 3.8) is 0 Å². The van der Waals surface area contributed by atoms with Crippen molar-refractivity contribution in [2.45, 2.75) is 40.7 Å². The first-order valence-electron chi connectivity index (χ1n) is 8.02. The highest BCUT2D eigenvalue weighted by molar-refractivity contribution is 6.02. The third-order valence-electron chi connectivity index (χ3n) is 3.91. The summed E-state index contributed by atoms with van der Waals surface area (Å²) in [5, 5.41) is 12.1. The van der Waals surface area contributed by atoms with Crippen LogP contribution in [0.3, 0.4) is 0 Å². The van der Waals surface area contributed by atoms with Crippen LogP contribution in [0.4, 0.5) is 0 Å². The van der Waals surface area contributed by atoms with Gasteiger partial charge in [-0.2, -0.15) is 5.26 Å². The van der Waals surface area contributed by atoms with E-state index >= 15 is 0 Å². The number of nitriles is 1. The summed E-state index contributed by atoms with van der Waals surface area (Å²) in [6.07, 6.45) is 1.66. The van der Waals surface area contributed by atoms with E-state index in [2.05, 4.69) is 28.9 Å². The lowest BCUT2D eigenvalue weighted by atomic mass is 10.1. The number of rotatable bonds is 4. The zero-order chi connectivity index (χ0) is 17.9. The van der Waals surface area contributed by atoms with Crippen molar-refractivity contribution >= 4 is 12.0 Å². The molecule has 4 nitrogen and oxygen atoms in total. The minimum Gasteiger partial charge on any atom is -0.349 e. The number of amides is 1. The largest absolute Gasteiger partial charge is 0.349 e. The molecular formula is C20H23N3O. The van der Waals surface area contributed by atoms with Gasteiger partial charge in [-0.1, -0.05) is 18.2 Å². The Labute approximate surface area is 143 Å². The Morgan fingerprint density at radius 3 is 2.50 bits per heavy atom. The van der Waals surface area contributed by atoms with Gasteiger partial charge in [0.25, 0.3) is 5.91 Å². The number of hydrogen-bond donors (Lipinski definition) is 1. The van der Waals surface area contributed by atoms with Crippen molar-refractivity contribution in [1.29, 1.82) is 5.26 Å². The summed E-state index contributed by atoms with van der Waals surface area (Å²) in [6, 6.07) is 12.2. The predicted molar refractivity (Wildman–Crippen MR) is 96.8 cm³/mol. The molecule has 0 bridgehead atoms. The van der Waals surface area contributed by atoms with Crippen molar-refractivity contribution in [2.24, 2.45) is 0 Å². The fourth-order valence-corrected chi connectivity index (χ4v) is 2.76. The molecule has 0 fully saturated rings. The first-order chi connectivity index (χ1) is 11.3. The van der Waals surface area contributed by atoms with Crippen LogP contribution in [0, 0.1) is 32.1 Å². The molecule has 1 aromatic heterocycles. The molecule has 124 valence electrons. The molecule has 0 atom stereocenters. The summed E-state index contributed by atoms with van der Waals surface area (Å²) < 4.78 is 2.15. The minimum absolute atomic E-state index is 0.00588. The summed E-state index contributed by atoms with van der Waals surface area (Å²) in [5.41, 5.74) is 5.35. The molecule has 2 rings (SSSR count). The lowest BCUT2D eigenvalue weighted by Crippen LogP contribution is -2.30. The second kappa shape index (κ2) is 7.18. The van der Waals surface area contributed by atoms with Crippen LogP contribution in [0.15, 0.2) is 35.9 Å².